The Morgan fingerprint density at radius 2 is 2.12 bits per heavy atom. The molecule has 1 heterocycles. The Labute approximate surface area is 102 Å². The van der Waals surface area contributed by atoms with Gasteiger partial charge in [-0.25, -0.2) is 4.98 Å². The third-order valence-electron chi connectivity index (χ3n) is 2.37. The lowest BCUT2D eigenvalue weighted by Gasteiger charge is -2.09. The zero-order chi connectivity index (χ0) is 12.4. The van der Waals surface area contributed by atoms with Crippen molar-refractivity contribution in [3.63, 3.8) is 0 Å². The van der Waals surface area contributed by atoms with Gasteiger partial charge in [0, 0.05) is 0 Å². The van der Waals surface area contributed by atoms with E-state index in [2.05, 4.69) is 4.98 Å². The van der Waals surface area contributed by atoms with E-state index in [1.807, 2.05) is 0 Å². The molecule has 0 bridgehead atoms. The fraction of sp³-hybridized carbons (Fsp3) is 0.182. The molecule has 0 spiro atoms. The molecule has 6 heteroatoms. The van der Waals surface area contributed by atoms with Crippen molar-refractivity contribution >= 4 is 28.4 Å². The number of hydrogen-bond acceptors (Lipinski definition) is 3. The molecule has 88 valence electrons. The number of primary amides is 1. The summed E-state index contributed by atoms with van der Waals surface area (Å²) in [6.45, 7) is -0.210. The number of alkyl halides is 1. The van der Waals surface area contributed by atoms with Gasteiger partial charge >= 0.3 is 0 Å². The summed E-state index contributed by atoms with van der Waals surface area (Å²) in [6, 6.07) is 6.90. The SMILES string of the molecule is NC(=O)Cn1c(CCl)nc2ccccc2c1=O. The number of aromatic nitrogens is 2. The van der Waals surface area contributed by atoms with Gasteiger partial charge < -0.3 is 5.73 Å². The van der Waals surface area contributed by atoms with Crippen LogP contribution in [0, 0.1) is 0 Å². The minimum atomic E-state index is -0.601. The molecule has 0 unspecified atom stereocenters. The summed E-state index contributed by atoms with van der Waals surface area (Å²) >= 11 is 5.71. The predicted octanol–water partition coefficient (Wildman–Crippen LogP) is 0.621. The molecule has 0 saturated carbocycles. The zero-order valence-electron chi connectivity index (χ0n) is 8.89. The van der Waals surface area contributed by atoms with Gasteiger partial charge in [-0.05, 0) is 12.1 Å². The number of nitrogens with two attached hydrogens (primary N) is 1. The second-order valence-electron chi connectivity index (χ2n) is 3.54. The number of nitrogens with zero attached hydrogens (tertiary/aromatic N) is 2. The fourth-order valence-corrected chi connectivity index (χ4v) is 1.84. The highest BCUT2D eigenvalue weighted by molar-refractivity contribution is 6.16. The Morgan fingerprint density at radius 3 is 2.76 bits per heavy atom. The van der Waals surface area contributed by atoms with Crippen LogP contribution in [0.1, 0.15) is 5.82 Å². The molecule has 0 aliphatic carbocycles. The van der Waals surface area contributed by atoms with Crippen molar-refractivity contribution in [3.8, 4) is 0 Å². The van der Waals surface area contributed by atoms with Gasteiger partial charge in [0.2, 0.25) is 5.91 Å². The third kappa shape index (κ3) is 2.14. The van der Waals surface area contributed by atoms with E-state index in [0.29, 0.717) is 16.7 Å². The molecule has 17 heavy (non-hydrogen) atoms. The van der Waals surface area contributed by atoms with E-state index in [-0.39, 0.29) is 18.0 Å². The number of benzene rings is 1. The minimum Gasteiger partial charge on any atom is -0.368 e. The summed E-state index contributed by atoms with van der Waals surface area (Å²) in [4.78, 5) is 27.2. The first kappa shape index (κ1) is 11.6. The molecule has 1 aromatic carbocycles. The van der Waals surface area contributed by atoms with Gasteiger partial charge in [0.05, 0.1) is 16.8 Å². The van der Waals surface area contributed by atoms with Crippen molar-refractivity contribution in [2.24, 2.45) is 5.73 Å². The molecule has 5 nitrogen and oxygen atoms in total. The van der Waals surface area contributed by atoms with Crippen LogP contribution in [-0.4, -0.2) is 15.5 Å². The predicted molar refractivity (Wildman–Crippen MR) is 64.8 cm³/mol. The van der Waals surface area contributed by atoms with Crippen LogP contribution in [0.4, 0.5) is 0 Å². The van der Waals surface area contributed by atoms with Gasteiger partial charge in [0.25, 0.3) is 5.56 Å². The molecule has 0 fully saturated rings. The number of halogens is 1. The number of carbonyl (C=O) groups excluding carboxylic acids is 1. The summed E-state index contributed by atoms with van der Waals surface area (Å²) in [5, 5.41) is 0.447. The Bertz CT molecular complexity index is 636. The number of rotatable bonds is 3. The summed E-state index contributed by atoms with van der Waals surface area (Å²) in [5.74, 6) is -0.211. The van der Waals surface area contributed by atoms with Crippen LogP contribution in [0.3, 0.4) is 0 Å². The van der Waals surface area contributed by atoms with Gasteiger partial charge in [0.1, 0.15) is 12.4 Å². The molecular weight excluding hydrogens is 242 g/mol. The topological polar surface area (TPSA) is 78.0 Å². The number of fused-ring (bicyclic) bond motifs is 1. The summed E-state index contributed by atoms with van der Waals surface area (Å²) in [6.07, 6.45) is 0. The van der Waals surface area contributed by atoms with E-state index in [9.17, 15) is 9.59 Å². The zero-order valence-corrected chi connectivity index (χ0v) is 9.65. The van der Waals surface area contributed by atoms with E-state index >= 15 is 0 Å². The van der Waals surface area contributed by atoms with Gasteiger partial charge in [-0.1, -0.05) is 12.1 Å². The maximum absolute atomic E-state index is 12.1. The smallest absolute Gasteiger partial charge is 0.261 e. The average molecular weight is 252 g/mol. The van der Waals surface area contributed by atoms with Crippen LogP contribution in [0.25, 0.3) is 10.9 Å². The van der Waals surface area contributed by atoms with Crippen molar-refractivity contribution < 1.29 is 4.79 Å². The van der Waals surface area contributed by atoms with Gasteiger partial charge in [0.15, 0.2) is 0 Å². The van der Waals surface area contributed by atoms with Crippen LogP contribution in [-0.2, 0) is 17.2 Å². The van der Waals surface area contributed by atoms with E-state index in [1.54, 1.807) is 24.3 Å². The first-order valence-electron chi connectivity index (χ1n) is 4.96. The quantitative estimate of drug-likeness (QED) is 0.813. The highest BCUT2D eigenvalue weighted by Gasteiger charge is 2.11. The average Bonchev–Trinajstić information content (AvgIpc) is 2.32. The second-order valence-corrected chi connectivity index (χ2v) is 3.80. The Balaban J connectivity index is 2.76. The van der Waals surface area contributed by atoms with Crippen molar-refractivity contribution in [3.05, 3.63) is 40.4 Å². The maximum atomic E-state index is 12.1. The van der Waals surface area contributed by atoms with E-state index in [0.717, 1.165) is 0 Å². The van der Waals surface area contributed by atoms with Gasteiger partial charge in [-0.15, -0.1) is 11.6 Å². The summed E-state index contributed by atoms with van der Waals surface area (Å²) < 4.78 is 1.21. The molecule has 0 aliphatic heterocycles. The first-order chi connectivity index (χ1) is 8.13. The van der Waals surface area contributed by atoms with Crippen molar-refractivity contribution in [1.82, 2.24) is 9.55 Å². The molecular formula is C11H10ClN3O2. The van der Waals surface area contributed by atoms with Crippen LogP contribution in [0.5, 0.6) is 0 Å². The molecule has 1 aromatic heterocycles. The van der Waals surface area contributed by atoms with Gasteiger partial charge in [-0.2, -0.15) is 0 Å². The van der Waals surface area contributed by atoms with E-state index in [4.69, 9.17) is 17.3 Å². The molecule has 2 rings (SSSR count). The van der Waals surface area contributed by atoms with Crippen LogP contribution in [0.2, 0.25) is 0 Å². The van der Waals surface area contributed by atoms with Crippen molar-refractivity contribution in [1.29, 1.82) is 0 Å². The van der Waals surface area contributed by atoms with Crippen LogP contribution < -0.4 is 11.3 Å². The second kappa shape index (κ2) is 4.55. The largest absolute Gasteiger partial charge is 0.368 e. The lowest BCUT2D eigenvalue weighted by Crippen LogP contribution is -2.31. The normalized spacial score (nSPS) is 10.6. The number of amides is 1. The summed E-state index contributed by atoms with van der Waals surface area (Å²) in [5.41, 5.74) is 5.35. The number of carbonyl (C=O) groups is 1. The van der Waals surface area contributed by atoms with Crippen molar-refractivity contribution in [2.75, 3.05) is 0 Å². The summed E-state index contributed by atoms with van der Waals surface area (Å²) in [7, 11) is 0. The Kier molecular flexibility index (Phi) is 3.10. The highest BCUT2D eigenvalue weighted by atomic mass is 35.5. The van der Waals surface area contributed by atoms with E-state index in [1.165, 1.54) is 4.57 Å². The maximum Gasteiger partial charge on any atom is 0.261 e. The Morgan fingerprint density at radius 1 is 1.41 bits per heavy atom. The van der Waals surface area contributed by atoms with Crippen LogP contribution in [0.15, 0.2) is 29.1 Å². The third-order valence-corrected chi connectivity index (χ3v) is 2.61. The first-order valence-corrected chi connectivity index (χ1v) is 5.49. The molecule has 2 aromatic rings. The monoisotopic (exact) mass is 251 g/mol. The lowest BCUT2D eigenvalue weighted by atomic mass is 10.2. The van der Waals surface area contributed by atoms with Crippen molar-refractivity contribution in [2.45, 2.75) is 12.4 Å². The van der Waals surface area contributed by atoms with Gasteiger partial charge in [-0.3, -0.25) is 14.2 Å². The molecule has 0 saturated heterocycles. The molecule has 1 amide bonds. The fourth-order valence-electron chi connectivity index (χ4n) is 1.63. The highest BCUT2D eigenvalue weighted by Crippen LogP contribution is 2.09. The molecule has 0 atom stereocenters. The molecule has 0 radical (unpaired) electrons. The molecule has 2 N–H and O–H groups in total. The standard InChI is InChI=1S/C11H10ClN3O2/c12-5-10-14-8-4-2-1-3-7(8)11(17)15(10)6-9(13)16/h1-4H,5-6H2,(H2,13,16). The lowest BCUT2D eigenvalue weighted by molar-refractivity contribution is -0.118. The molecule has 0 aliphatic rings. The van der Waals surface area contributed by atoms with Crippen LogP contribution >= 0.6 is 11.6 Å². The number of para-hydroxylation sites is 1. The number of hydrogen-bond donors (Lipinski definition) is 1. The Hall–Kier alpha value is -1.88. The minimum absolute atomic E-state index is 0.0490. The van der Waals surface area contributed by atoms with E-state index < -0.39 is 5.91 Å².